The van der Waals surface area contributed by atoms with Gasteiger partial charge in [0.1, 0.15) is 0 Å². The number of rotatable bonds is 8. The van der Waals surface area contributed by atoms with Crippen molar-refractivity contribution in [3.63, 3.8) is 0 Å². The van der Waals surface area contributed by atoms with E-state index in [9.17, 15) is 5.11 Å². The summed E-state index contributed by atoms with van der Waals surface area (Å²) in [4.78, 5) is 0. The van der Waals surface area contributed by atoms with E-state index in [1.54, 1.807) is 0 Å². The molecule has 0 saturated heterocycles. The molecule has 2 atom stereocenters. The van der Waals surface area contributed by atoms with E-state index in [4.69, 9.17) is 5.73 Å². The fourth-order valence-electron chi connectivity index (χ4n) is 1.73. The number of nitrogens with one attached hydrogen (secondary N) is 1. The molecule has 0 saturated carbocycles. The Bertz CT molecular complexity index is 290. The molecule has 0 aliphatic rings. The molecule has 3 nitrogen and oxygen atoms in total. The lowest BCUT2D eigenvalue weighted by atomic mass is 10.0. The maximum absolute atomic E-state index is 9.89. The topological polar surface area (TPSA) is 58.3 Å². The lowest BCUT2D eigenvalue weighted by molar-refractivity contribution is 0.142. The molecule has 0 aliphatic carbocycles. The number of aliphatic hydroxyl groups is 1. The van der Waals surface area contributed by atoms with E-state index in [-0.39, 0.29) is 6.04 Å². The van der Waals surface area contributed by atoms with E-state index >= 15 is 0 Å². The highest BCUT2D eigenvalue weighted by atomic mass is 16.3. The van der Waals surface area contributed by atoms with Gasteiger partial charge in [-0.2, -0.15) is 0 Å². The largest absolute Gasteiger partial charge is 0.390 e. The second-order valence-corrected chi connectivity index (χ2v) is 4.48. The summed E-state index contributed by atoms with van der Waals surface area (Å²) in [7, 11) is 0. The predicted octanol–water partition coefficient (Wildman–Crippen LogP) is 1.31. The number of aliphatic hydroxyl groups excluding tert-OH is 1. The summed E-state index contributed by atoms with van der Waals surface area (Å²) in [6.45, 7) is 3.68. The molecule has 0 heterocycles. The van der Waals surface area contributed by atoms with Crippen LogP contribution in [0.25, 0.3) is 0 Å². The van der Waals surface area contributed by atoms with Gasteiger partial charge < -0.3 is 16.2 Å². The van der Waals surface area contributed by atoms with Crippen LogP contribution in [0.4, 0.5) is 0 Å². The summed E-state index contributed by atoms with van der Waals surface area (Å²) in [5.41, 5.74) is 7.15. The smallest absolute Gasteiger partial charge is 0.0818 e. The quantitative estimate of drug-likeness (QED) is 0.596. The standard InChI is InChI=1S/C14H24N2O/c1-2-3-9-16-11-14(17)13(15)10-12-7-5-4-6-8-12/h4-8,13-14,16-17H,2-3,9-11,15H2,1H3/t13?,14-/m0/s1. The van der Waals surface area contributed by atoms with Gasteiger partial charge in [0.05, 0.1) is 6.10 Å². The zero-order chi connectivity index (χ0) is 12.5. The Labute approximate surface area is 104 Å². The van der Waals surface area contributed by atoms with Crippen molar-refractivity contribution in [2.45, 2.75) is 38.3 Å². The Morgan fingerprint density at radius 2 is 2.00 bits per heavy atom. The number of hydrogen-bond donors (Lipinski definition) is 3. The fourth-order valence-corrected chi connectivity index (χ4v) is 1.73. The SMILES string of the molecule is CCCCNC[C@H](O)C(N)Cc1ccccc1. The molecule has 96 valence electrons. The highest BCUT2D eigenvalue weighted by Gasteiger charge is 2.14. The van der Waals surface area contributed by atoms with E-state index < -0.39 is 6.10 Å². The van der Waals surface area contributed by atoms with Crippen LogP contribution in [0, 0.1) is 0 Å². The minimum absolute atomic E-state index is 0.202. The first-order valence-electron chi connectivity index (χ1n) is 6.42. The van der Waals surface area contributed by atoms with E-state index in [0.29, 0.717) is 6.54 Å². The first-order valence-corrected chi connectivity index (χ1v) is 6.42. The molecule has 1 rings (SSSR count). The van der Waals surface area contributed by atoms with Gasteiger partial charge in [-0.15, -0.1) is 0 Å². The van der Waals surface area contributed by atoms with Gasteiger partial charge in [0, 0.05) is 12.6 Å². The van der Waals surface area contributed by atoms with Crippen LogP contribution in [0.3, 0.4) is 0 Å². The number of unbranched alkanes of at least 4 members (excludes halogenated alkanes) is 1. The third kappa shape index (κ3) is 5.82. The Hall–Kier alpha value is -0.900. The molecule has 0 aliphatic heterocycles. The van der Waals surface area contributed by atoms with Crippen LogP contribution in [0.15, 0.2) is 30.3 Å². The summed E-state index contributed by atoms with van der Waals surface area (Å²) in [5, 5.41) is 13.1. The lowest BCUT2D eigenvalue weighted by Gasteiger charge is -2.19. The molecular weight excluding hydrogens is 212 g/mol. The van der Waals surface area contributed by atoms with E-state index in [1.807, 2.05) is 30.3 Å². The molecule has 4 N–H and O–H groups in total. The van der Waals surface area contributed by atoms with Crippen molar-refractivity contribution in [2.75, 3.05) is 13.1 Å². The van der Waals surface area contributed by atoms with Gasteiger partial charge in [0.25, 0.3) is 0 Å². The average molecular weight is 236 g/mol. The third-order valence-corrected chi connectivity index (χ3v) is 2.87. The van der Waals surface area contributed by atoms with Crippen LogP contribution in [-0.4, -0.2) is 30.3 Å². The Kier molecular flexibility index (Phi) is 6.86. The van der Waals surface area contributed by atoms with Crippen LogP contribution >= 0.6 is 0 Å². The average Bonchev–Trinajstić information content (AvgIpc) is 2.35. The summed E-state index contributed by atoms with van der Waals surface area (Å²) in [5.74, 6) is 0. The van der Waals surface area contributed by atoms with E-state index in [0.717, 1.165) is 19.4 Å². The van der Waals surface area contributed by atoms with Crippen molar-refractivity contribution in [1.82, 2.24) is 5.32 Å². The first kappa shape index (κ1) is 14.2. The molecule has 0 amide bonds. The van der Waals surface area contributed by atoms with Crippen LogP contribution in [-0.2, 0) is 6.42 Å². The van der Waals surface area contributed by atoms with E-state index in [1.165, 1.54) is 12.0 Å². The van der Waals surface area contributed by atoms with Crippen molar-refractivity contribution in [3.05, 3.63) is 35.9 Å². The van der Waals surface area contributed by atoms with Gasteiger partial charge in [-0.1, -0.05) is 43.7 Å². The molecule has 0 spiro atoms. The second-order valence-electron chi connectivity index (χ2n) is 4.48. The highest BCUT2D eigenvalue weighted by molar-refractivity contribution is 5.16. The van der Waals surface area contributed by atoms with Crippen molar-refractivity contribution < 1.29 is 5.11 Å². The van der Waals surface area contributed by atoms with Crippen molar-refractivity contribution >= 4 is 0 Å². The molecule has 1 aromatic rings. The highest BCUT2D eigenvalue weighted by Crippen LogP contribution is 2.04. The summed E-state index contributed by atoms with van der Waals surface area (Å²) in [6.07, 6.45) is 2.55. The lowest BCUT2D eigenvalue weighted by Crippen LogP contribution is -2.43. The van der Waals surface area contributed by atoms with E-state index in [2.05, 4.69) is 12.2 Å². The summed E-state index contributed by atoms with van der Waals surface area (Å²) >= 11 is 0. The summed E-state index contributed by atoms with van der Waals surface area (Å²) < 4.78 is 0. The monoisotopic (exact) mass is 236 g/mol. The zero-order valence-corrected chi connectivity index (χ0v) is 10.6. The van der Waals surface area contributed by atoms with Gasteiger partial charge in [-0.05, 0) is 24.9 Å². The Morgan fingerprint density at radius 1 is 1.29 bits per heavy atom. The zero-order valence-electron chi connectivity index (χ0n) is 10.6. The normalized spacial score (nSPS) is 14.5. The number of benzene rings is 1. The van der Waals surface area contributed by atoms with Crippen molar-refractivity contribution in [1.29, 1.82) is 0 Å². The fraction of sp³-hybridized carbons (Fsp3) is 0.571. The number of hydrogen-bond acceptors (Lipinski definition) is 3. The maximum Gasteiger partial charge on any atom is 0.0818 e. The molecular formula is C14H24N2O. The maximum atomic E-state index is 9.89. The van der Waals surface area contributed by atoms with Gasteiger partial charge in [-0.3, -0.25) is 0 Å². The molecule has 3 heteroatoms. The minimum Gasteiger partial charge on any atom is -0.390 e. The molecule has 0 aromatic heterocycles. The van der Waals surface area contributed by atoms with Gasteiger partial charge in [-0.25, -0.2) is 0 Å². The molecule has 0 bridgehead atoms. The molecule has 1 unspecified atom stereocenters. The first-order chi connectivity index (χ1) is 8.24. The number of nitrogens with two attached hydrogens (primary N) is 1. The Morgan fingerprint density at radius 3 is 2.65 bits per heavy atom. The van der Waals surface area contributed by atoms with Crippen molar-refractivity contribution in [2.24, 2.45) is 5.73 Å². The second kappa shape index (κ2) is 8.23. The van der Waals surface area contributed by atoms with Crippen LogP contribution < -0.4 is 11.1 Å². The predicted molar refractivity (Wildman–Crippen MR) is 71.9 cm³/mol. The minimum atomic E-state index is -0.480. The van der Waals surface area contributed by atoms with Crippen LogP contribution in [0.5, 0.6) is 0 Å². The van der Waals surface area contributed by atoms with Gasteiger partial charge in [0.15, 0.2) is 0 Å². The summed E-state index contributed by atoms with van der Waals surface area (Å²) in [6, 6.07) is 9.85. The van der Waals surface area contributed by atoms with Crippen molar-refractivity contribution in [3.8, 4) is 0 Å². The molecule has 17 heavy (non-hydrogen) atoms. The molecule has 0 radical (unpaired) electrons. The van der Waals surface area contributed by atoms with Crippen LogP contribution in [0.2, 0.25) is 0 Å². The third-order valence-electron chi connectivity index (χ3n) is 2.87. The molecule has 1 aromatic carbocycles. The molecule has 0 fully saturated rings. The Balaban J connectivity index is 2.24. The van der Waals surface area contributed by atoms with Gasteiger partial charge >= 0.3 is 0 Å². The van der Waals surface area contributed by atoms with Gasteiger partial charge in [0.2, 0.25) is 0 Å². The van der Waals surface area contributed by atoms with Crippen LogP contribution in [0.1, 0.15) is 25.3 Å².